The lowest BCUT2D eigenvalue weighted by Crippen LogP contribution is -2.23. The third-order valence-corrected chi connectivity index (χ3v) is 2.14. The molecule has 0 heterocycles. The molecular weight excluding hydrogens is 178 g/mol. The molecule has 0 rings (SSSR count). The number of nitrogens with one attached hydrogen (secondary N) is 1. The van der Waals surface area contributed by atoms with Gasteiger partial charge in [-0.2, -0.15) is 0 Å². The molecule has 5 heteroatoms. The molecule has 0 aromatic heterocycles. The molecule has 0 aliphatic rings. The fourth-order valence-corrected chi connectivity index (χ4v) is 1.25. The first-order valence-corrected chi connectivity index (χ1v) is 5.77. The summed E-state index contributed by atoms with van der Waals surface area (Å²) in [4.78, 5) is 0. The van der Waals surface area contributed by atoms with Crippen LogP contribution in [0.15, 0.2) is 0 Å². The minimum atomic E-state index is -3.08. The van der Waals surface area contributed by atoms with Gasteiger partial charge in [0.1, 0.15) is 0 Å². The smallest absolute Gasteiger partial charge is 0.208 e. The minimum absolute atomic E-state index is 0.385. The predicted octanol–water partition coefficient (Wildman–Crippen LogP) is -0.0991. The van der Waals surface area contributed by atoms with Crippen LogP contribution in [0.1, 0.15) is 19.3 Å². The van der Waals surface area contributed by atoms with E-state index in [1.54, 1.807) is 0 Å². The fourth-order valence-electron chi connectivity index (χ4n) is 0.740. The zero-order valence-electron chi connectivity index (χ0n) is 7.28. The summed E-state index contributed by atoms with van der Waals surface area (Å²) in [5, 5.41) is 9.05. The SMILES string of the molecule is [CH2]CC(O)CCCNS(C)(=O)=O. The summed E-state index contributed by atoms with van der Waals surface area (Å²) in [5.41, 5.74) is 0. The van der Waals surface area contributed by atoms with E-state index >= 15 is 0 Å². The van der Waals surface area contributed by atoms with E-state index < -0.39 is 16.1 Å². The van der Waals surface area contributed by atoms with Crippen LogP contribution in [0, 0.1) is 6.92 Å². The third kappa shape index (κ3) is 7.97. The van der Waals surface area contributed by atoms with E-state index in [2.05, 4.69) is 11.6 Å². The number of hydrogen-bond acceptors (Lipinski definition) is 3. The first-order valence-electron chi connectivity index (χ1n) is 3.87. The molecule has 0 fully saturated rings. The van der Waals surface area contributed by atoms with Crippen LogP contribution in [0.2, 0.25) is 0 Å². The Morgan fingerprint density at radius 2 is 2.17 bits per heavy atom. The second kappa shape index (κ2) is 5.50. The largest absolute Gasteiger partial charge is 0.393 e. The molecule has 0 spiro atoms. The van der Waals surface area contributed by atoms with Crippen LogP contribution in [0.5, 0.6) is 0 Å². The highest BCUT2D eigenvalue weighted by molar-refractivity contribution is 7.88. The van der Waals surface area contributed by atoms with Gasteiger partial charge in [0, 0.05) is 6.54 Å². The van der Waals surface area contributed by atoms with Crippen molar-refractivity contribution in [3.8, 4) is 0 Å². The number of aliphatic hydroxyl groups is 1. The predicted molar refractivity (Wildman–Crippen MR) is 48.1 cm³/mol. The summed E-state index contributed by atoms with van der Waals surface area (Å²) >= 11 is 0. The number of aliphatic hydroxyl groups excluding tert-OH is 1. The Balaban J connectivity index is 3.34. The molecule has 73 valence electrons. The van der Waals surface area contributed by atoms with Crippen molar-refractivity contribution in [1.29, 1.82) is 0 Å². The Morgan fingerprint density at radius 3 is 2.58 bits per heavy atom. The molecule has 1 atom stereocenters. The molecule has 0 bridgehead atoms. The lowest BCUT2D eigenvalue weighted by molar-refractivity contribution is 0.164. The van der Waals surface area contributed by atoms with Crippen LogP contribution in [0.25, 0.3) is 0 Å². The quantitative estimate of drug-likeness (QED) is 0.580. The molecule has 0 saturated carbocycles. The van der Waals surface area contributed by atoms with Crippen molar-refractivity contribution in [3.05, 3.63) is 6.92 Å². The third-order valence-electron chi connectivity index (χ3n) is 1.41. The Bertz CT molecular complexity index is 201. The molecule has 0 amide bonds. The van der Waals surface area contributed by atoms with Gasteiger partial charge in [0.05, 0.1) is 12.4 Å². The van der Waals surface area contributed by atoms with E-state index in [9.17, 15) is 8.42 Å². The molecule has 12 heavy (non-hydrogen) atoms. The first-order chi connectivity index (χ1) is 5.45. The molecule has 0 saturated heterocycles. The van der Waals surface area contributed by atoms with Crippen molar-refractivity contribution < 1.29 is 13.5 Å². The number of hydrogen-bond donors (Lipinski definition) is 2. The van der Waals surface area contributed by atoms with E-state index in [1.165, 1.54) is 0 Å². The highest BCUT2D eigenvalue weighted by Gasteiger charge is 2.02. The lowest BCUT2D eigenvalue weighted by atomic mass is 10.1. The van der Waals surface area contributed by atoms with Gasteiger partial charge in [0.25, 0.3) is 0 Å². The highest BCUT2D eigenvalue weighted by Crippen LogP contribution is 1.99. The summed E-state index contributed by atoms with van der Waals surface area (Å²) in [5.74, 6) is 0. The van der Waals surface area contributed by atoms with Crippen molar-refractivity contribution in [2.75, 3.05) is 12.8 Å². The van der Waals surface area contributed by atoms with Crippen molar-refractivity contribution in [1.82, 2.24) is 4.72 Å². The van der Waals surface area contributed by atoms with Gasteiger partial charge >= 0.3 is 0 Å². The van der Waals surface area contributed by atoms with Crippen LogP contribution in [-0.4, -0.2) is 32.4 Å². The molecule has 4 nitrogen and oxygen atoms in total. The average molecular weight is 194 g/mol. The maximum atomic E-state index is 10.6. The Kier molecular flexibility index (Phi) is 5.44. The van der Waals surface area contributed by atoms with Gasteiger partial charge in [-0.3, -0.25) is 0 Å². The Labute approximate surface area is 74.0 Å². The topological polar surface area (TPSA) is 66.4 Å². The monoisotopic (exact) mass is 194 g/mol. The summed E-state index contributed by atoms with van der Waals surface area (Å²) in [6.07, 6.45) is 2.41. The van der Waals surface area contributed by atoms with E-state index in [0.29, 0.717) is 25.8 Å². The number of rotatable bonds is 6. The Morgan fingerprint density at radius 1 is 1.58 bits per heavy atom. The normalized spacial score (nSPS) is 14.6. The molecule has 1 unspecified atom stereocenters. The summed E-state index contributed by atoms with van der Waals surface area (Å²) in [6, 6.07) is 0. The van der Waals surface area contributed by atoms with E-state index in [4.69, 9.17) is 5.11 Å². The maximum Gasteiger partial charge on any atom is 0.208 e. The molecule has 0 aromatic carbocycles. The van der Waals surface area contributed by atoms with Gasteiger partial charge in [-0.15, -0.1) is 0 Å². The van der Waals surface area contributed by atoms with E-state index in [1.807, 2.05) is 0 Å². The highest BCUT2D eigenvalue weighted by atomic mass is 32.2. The van der Waals surface area contributed by atoms with Crippen LogP contribution in [0.4, 0.5) is 0 Å². The summed E-state index contributed by atoms with van der Waals surface area (Å²) in [6.45, 7) is 3.91. The Hall–Kier alpha value is -0.130. The molecule has 1 radical (unpaired) electrons. The van der Waals surface area contributed by atoms with E-state index in [-0.39, 0.29) is 0 Å². The van der Waals surface area contributed by atoms with Crippen molar-refractivity contribution in [2.45, 2.75) is 25.4 Å². The number of sulfonamides is 1. The minimum Gasteiger partial charge on any atom is -0.393 e. The molecule has 0 aliphatic heterocycles. The zero-order chi connectivity index (χ0) is 9.61. The second-order valence-corrected chi connectivity index (χ2v) is 4.58. The second-order valence-electron chi connectivity index (χ2n) is 2.75. The standard InChI is InChI=1S/C7H16NO3S/c1-3-7(9)5-4-6-8-12(2,10)11/h7-9H,1,3-6H2,2H3. The van der Waals surface area contributed by atoms with Gasteiger partial charge in [0.15, 0.2) is 0 Å². The average Bonchev–Trinajstić information content (AvgIpc) is 1.96. The van der Waals surface area contributed by atoms with Gasteiger partial charge in [-0.05, 0) is 19.3 Å². The van der Waals surface area contributed by atoms with Gasteiger partial charge in [-0.1, -0.05) is 6.92 Å². The van der Waals surface area contributed by atoms with Gasteiger partial charge < -0.3 is 5.11 Å². The fraction of sp³-hybridized carbons (Fsp3) is 0.857. The van der Waals surface area contributed by atoms with Crippen molar-refractivity contribution in [3.63, 3.8) is 0 Å². The molecule has 2 N–H and O–H groups in total. The van der Waals surface area contributed by atoms with Crippen LogP contribution in [-0.2, 0) is 10.0 Å². The molecular formula is C7H16NO3S. The summed E-state index contributed by atoms with van der Waals surface area (Å²) in [7, 11) is -3.08. The summed E-state index contributed by atoms with van der Waals surface area (Å²) < 4.78 is 23.5. The van der Waals surface area contributed by atoms with E-state index in [0.717, 1.165) is 6.26 Å². The first kappa shape index (κ1) is 11.9. The van der Waals surface area contributed by atoms with Gasteiger partial charge in [0.2, 0.25) is 10.0 Å². The van der Waals surface area contributed by atoms with Gasteiger partial charge in [-0.25, -0.2) is 13.1 Å². The molecule has 0 aliphatic carbocycles. The van der Waals surface area contributed by atoms with Crippen molar-refractivity contribution in [2.24, 2.45) is 0 Å². The van der Waals surface area contributed by atoms with Crippen LogP contribution >= 0.6 is 0 Å². The van der Waals surface area contributed by atoms with Crippen LogP contribution in [0.3, 0.4) is 0 Å². The zero-order valence-corrected chi connectivity index (χ0v) is 8.10. The van der Waals surface area contributed by atoms with Crippen LogP contribution < -0.4 is 4.72 Å². The maximum absolute atomic E-state index is 10.6. The lowest BCUT2D eigenvalue weighted by Gasteiger charge is -2.06. The molecule has 0 aromatic rings. The van der Waals surface area contributed by atoms with Crippen molar-refractivity contribution >= 4 is 10.0 Å².